The van der Waals surface area contributed by atoms with E-state index < -0.39 is 0 Å². The molecule has 24 heavy (non-hydrogen) atoms. The molecule has 0 aliphatic rings. The smallest absolute Gasteiger partial charge is 0.220 e. The number of rotatable bonds is 5. The zero-order valence-electron chi connectivity index (χ0n) is 12.8. The molecular formula is C17H15N5O2. The maximum Gasteiger partial charge on any atom is 0.220 e. The Morgan fingerprint density at radius 1 is 1.12 bits per heavy atom. The largest absolute Gasteiger partial charge is 0.441 e. The first-order chi connectivity index (χ1) is 11.8. The first kappa shape index (κ1) is 14.4. The van der Waals surface area contributed by atoms with Crippen LogP contribution in [0.25, 0.3) is 16.7 Å². The summed E-state index contributed by atoms with van der Waals surface area (Å²) < 4.78 is 7.46. The Morgan fingerprint density at radius 2 is 2.00 bits per heavy atom. The van der Waals surface area contributed by atoms with Crippen molar-refractivity contribution in [3.8, 4) is 0 Å². The predicted molar refractivity (Wildman–Crippen MR) is 87.2 cm³/mol. The second-order valence-electron chi connectivity index (χ2n) is 5.40. The first-order valence-corrected chi connectivity index (χ1v) is 7.69. The topological polar surface area (TPSA) is 85.3 Å². The summed E-state index contributed by atoms with van der Waals surface area (Å²) in [5.41, 5.74) is 2.30. The SMILES string of the molecule is O=C(CCc1nc2ccccc2o1)NCc1nnc2ccccn12. The standard InChI is InChI=1S/C17H15N5O2/c23-16(8-9-17-19-12-5-1-2-6-13(12)24-17)18-11-15-21-20-14-7-3-4-10-22(14)15/h1-7,10H,8-9,11H2,(H,18,23). The Kier molecular flexibility index (Phi) is 3.66. The summed E-state index contributed by atoms with van der Waals surface area (Å²) in [7, 11) is 0. The summed E-state index contributed by atoms with van der Waals surface area (Å²) in [5, 5.41) is 11.0. The predicted octanol–water partition coefficient (Wildman–Crippen LogP) is 2.12. The molecule has 3 aromatic heterocycles. The van der Waals surface area contributed by atoms with Gasteiger partial charge in [-0.3, -0.25) is 9.20 Å². The third kappa shape index (κ3) is 2.83. The molecule has 0 saturated carbocycles. The van der Waals surface area contributed by atoms with Crippen molar-refractivity contribution >= 4 is 22.7 Å². The van der Waals surface area contributed by atoms with Gasteiger partial charge < -0.3 is 9.73 Å². The molecule has 0 unspecified atom stereocenters. The summed E-state index contributed by atoms with van der Waals surface area (Å²) in [6.45, 7) is 0.331. The van der Waals surface area contributed by atoms with Gasteiger partial charge in [0.1, 0.15) is 5.52 Å². The highest BCUT2D eigenvalue weighted by Crippen LogP contribution is 2.15. The Balaban J connectivity index is 1.35. The Labute approximate surface area is 137 Å². The van der Waals surface area contributed by atoms with Crippen LogP contribution >= 0.6 is 0 Å². The van der Waals surface area contributed by atoms with Crippen LogP contribution in [0.3, 0.4) is 0 Å². The van der Waals surface area contributed by atoms with E-state index in [-0.39, 0.29) is 5.91 Å². The molecule has 1 amide bonds. The van der Waals surface area contributed by atoms with Crippen LogP contribution in [0.5, 0.6) is 0 Å². The van der Waals surface area contributed by atoms with Gasteiger partial charge in [0.15, 0.2) is 22.9 Å². The number of carbonyl (C=O) groups is 1. The molecule has 0 bridgehead atoms. The molecular weight excluding hydrogens is 306 g/mol. The molecule has 1 aromatic carbocycles. The number of aryl methyl sites for hydroxylation is 1. The van der Waals surface area contributed by atoms with Gasteiger partial charge in [-0.2, -0.15) is 0 Å². The number of pyridine rings is 1. The molecule has 0 aliphatic carbocycles. The minimum absolute atomic E-state index is 0.0788. The van der Waals surface area contributed by atoms with Crippen molar-refractivity contribution in [2.45, 2.75) is 19.4 Å². The van der Waals surface area contributed by atoms with Gasteiger partial charge in [0, 0.05) is 19.0 Å². The number of hydrogen-bond acceptors (Lipinski definition) is 5. The van der Waals surface area contributed by atoms with Crippen LogP contribution in [-0.4, -0.2) is 25.5 Å². The maximum absolute atomic E-state index is 12.0. The van der Waals surface area contributed by atoms with Gasteiger partial charge in [0.05, 0.1) is 6.54 Å². The van der Waals surface area contributed by atoms with Gasteiger partial charge >= 0.3 is 0 Å². The van der Waals surface area contributed by atoms with Crippen molar-refractivity contribution in [3.63, 3.8) is 0 Å². The quantitative estimate of drug-likeness (QED) is 0.608. The van der Waals surface area contributed by atoms with Gasteiger partial charge in [-0.05, 0) is 24.3 Å². The lowest BCUT2D eigenvalue weighted by atomic mass is 10.3. The lowest BCUT2D eigenvalue weighted by Crippen LogP contribution is -2.24. The number of oxazole rings is 1. The van der Waals surface area contributed by atoms with E-state index in [1.807, 2.05) is 53.1 Å². The normalized spacial score (nSPS) is 11.2. The molecule has 0 fully saturated rings. The summed E-state index contributed by atoms with van der Waals surface area (Å²) in [5.74, 6) is 1.19. The fraction of sp³-hybridized carbons (Fsp3) is 0.176. The number of benzene rings is 1. The molecule has 4 rings (SSSR count). The van der Waals surface area contributed by atoms with E-state index in [9.17, 15) is 4.79 Å². The first-order valence-electron chi connectivity index (χ1n) is 7.69. The molecule has 1 N–H and O–H groups in total. The number of nitrogens with one attached hydrogen (secondary N) is 1. The average Bonchev–Trinajstić information content (AvgIpc) is 3.21. The van der Waals surface area contributed by atoms with Crippen LogP contribution in [0, 0.1) is 0 Å². The molecule has 0 atom stereocenters. The summed E-state index contributed by atoms with van der Waals surface area (Å²) >= 11 is 0. The zero-order chi connectivity index (χ0) is 16.4. The third-order valence-corrected chi connectivity index (χ3v) is 3.73. The number of aromatic nitrogens is 4. The molecule has 7 heteroatoms. The van der Waals surface area contributed by atoms with E-state index in [4.69, 9.17) is 4.42 Å². The number of hydrogen-bond donors (Lipinski definition) is 1. The summed E-state index contributed by atoms with van der Waals surface area (Å²) in [6, 6.07) is 13.2. The van der Waals surface area contributed by atoms with E-state index in [1.165, 1.54) is 0 Å². The second-order valence-corrected chi connectivity index (χ2v) is 5.40. The lowest BCUT2D eigenvalue weighted by Gasteiger charge is -2.03. The molecule has 0 spiro atoms. The fourth-order valence-electron chi connectivity index (χ4n) is 2.52. The van der Waals surface area contributed by atoms with E-state index in [2.05, 4.69) is 20.5 Å². The van der Waals surface area contributed by atoms with Crippen molar-refractivity contribution in [3.05, 3.63) is 60.4 Å². The van der Waals surface area contributed by atoms with Crippen molar-refractivity contribution in [1.82, 2.24) is 24.9 Å². The van der Waals surface area contributed by atoms with E-state index >= 15 is 0 Å². The van der Waals surface area contributed by atoms with Crippen molar-refractivity contribution in [1.29, 1.82) is 0 Å². The molecule has 0 saturated heterocycles. The minimum atomic E-state index is -0.0788. The molecule has 120 valence electrons. The van der Waals surface area contributed by atoms with E-state index in [1.54, 1.807) is 0 Å². The Hall–Kier alpha value is -3.22. The second kappa shape index (κ2) is 6.11. The van der Waals surface area contributed by atoms with Crippen LogP contribution in [0.4, 0.5) is 0 Å². The molecule has 0 aliphatic heterocycles. The van der Waals surface area contributed by atoms with Gasteiger partial charge in [0.2, 0.25) is 5.91 Å². The number of carbonyl (C=O) groups excluding carboxylic acids is 1. The Morgan fingerprint density at radius 3 is 2.92 bits per heavy atom. The van der Waals surface area contributed by atoms with Gasteiger partial charge in [-0.15, -0.1) is 10.2 Å². The van der Waals surface area contributed by atoms with Crippen LogP contribution in [-0.2, 0) is 17.8 Å². The summed E-state index contributed by atoms with van der Waals surface area (Å²) in [4.78, 5) is 16.4. The van der Waals surface area contributed by atoms with Gasteiger partial charge in [-0.25, -0.2) is 4.98 Å². The monoisotopic (exact) mass is 321 g/mol. The van der Waals surface area contributed by atoms with Gasteiger partial charge in [-0.1, -0.05) is 18.2 Å². The molecule has 7 nitrogen and oxygen atoms in total. The maximum atomic E-state index is 12.0. The zero-order valence-corrected chi connectivity index (χ0v) is 12.8. The Bertz CT molecular complexity index is 971. The highest BCUT2D eigenvalue weighted by atomic mass is 16.3. The van der Waals surface area contributed by atoms with Crippen LogP contribution in [0.2, 0.25) is 0 Å². The molecule has 0 radical (unpaired) electrons. The number of para-hydroxylation sites is 2. The van der Waals surface area contributed by atoms with Crippen molar-refractivity contribution < 1.29 is 9.21 Å². The highest BCUT2D eigenvalue weighted by Gasteiger charge is 2.10. The van der Waals surface area contributed by atoms with Crippen LogP contribution in [0.1, 0.15) is 18.1 Å². The molecule has 3 heterocycles. The number of nitrogens with zero attached hydrogens (tertiary/aromatic N) is 4. The van der Waals surface area contributed by atoms with E-state index in [0.717, 1.165) is 16.7 Å². The van der Waals surface area contributed by atoms with Crippen molar-refractivity contribution in [2.24, 2.45) is 0 Å². The van der Waals surface area contributed by atoms with Gasteiger partial charge in [0.25, 0.3) is 0 Å². The average molecular weight is 321 g/mol. The number of amides is 1. The third-order valence-electron chi connectivity index (χ3n) is 3.73. The van der Waals surface area contributed by atoms with Crippen LogP contribution in [0.15, 0.2) is 53.1 Å². The lowest BCUT2D eigenvalue weighted by molar-refractivity contribution is -0.121. The summed E-state index contributed by atoms with van der Waals surface area (Å²) in [6.07, 6.45) is 2.64. The highest BCUT2D eigenvalue weighted by molar-refractivity contribution is 5.76. The van der Waals surface area contributed by atoms with Crippen LogP contribution < -0.4 is 5.32 Å². The minimum Gasteiger partial charge on any atom is -0.441 e. The number of fused-ring (bicyclic) bond motifs is 2. The van der Waals surface area contributed by atoms with Crippen molar-refractivity contribution in [2.75, 3.05) is 0 Å². The fourth-order valence-corrected chi connectivity index (χ4v) is 2.52. The van der Waals surface area contributed by atoms with E-state index in [0.29, 0.717) is 31.1 Å². The molecule has 4 aromatic rings.